The van der Waals surface area contributed by atoms with Crippen molar-refractivity contribution in [2.45, 2.75) is 76.5 Å². The van der Waals surface area contributed by atoms with Crippen molar-refractivity contribution in [2.24, 2.45) is 5.92 Å². The highest BCUT2D eigenvalue weighted by Crippen LogP contribution is 2.42. The highest BCUT2D eigenvalue weighted by Gasteiger charge is 2.52. The van der Waals surface area contributed by atoms with Crippen LogP contribution in [0.2, 0.25) is 0 Å². The number of rotatable bonds is 9. The van der Waals surface area contributed by atoms with Crippen LogP contribution in [-0.2, 0) is 23.6 Å². The highest BCUT2D eigenvalue weighted by molar-refractivity contribution is 6.62. The molecule has 2 aromatic rings. The van der Waals surface area contributed by atoms with E-state index >= 15 is 0 Å². The van der Waals surface area contributed by atoms with Gasteiger partial charge in [0, 0.05) is 38.5 Å². The Morgan fingerprint density at radius 1 is 1.09 bits per heavy atom. The third-order valence-corrected chi connectivity index (χ3v) is 9.71. The first-order valence-corrected chi connectivity index (χ1v) is 15.6. The van der Waals surface area contributed by atoms with Gasteiger partial charge in [-0.25, -0.2) is 0 Å². The molecule has 0 unspecified atom stereocenters. The number of nitrogens with zero attached hydrogens (tertiary/aromatic N) is 2. The minimum atomic E-state index is -0.448. The van der Waals surface area contributed by atoms with Gasteiger partial charge in [-0.15, -0.1) is 0 Å². The lowest BCUT2D eigenvalue weighted by molar-refractivity contribution is -0.123. The van der Waals surface area contributed by atoms with E-state index in [1.165, 1.54) is 0 Å². The van der Waals surface area contributed by atoms with Gasteiger partial charge < -0.3 is 33.9 Å². The number of methoxy groups -OCH3 is 1. The van der Waals surface area contributed by atoms with Crippen LogP contribution in [0, 0.1) is 5.92 Å². The molecule has 0 spiro atoms. The van der Waals surface area contributed by atoms with Crippen LogP contribution in [0.4, 0.5) is 11.4 Å². The van der Waals surface area contributed by atoms with Gasteiger partial charge >= 0.3 is 7.12 Å². The summed E-state index contributed by atoms with van der Waals surface area (Å²) in [6, 6.07) is 14.4. The van der Waals surface area contributed by atoms with E-state index in [1.54, 1.807) is 12.0 Å². The van der Waals surface area contributed by atoms with Gasteiger partial charge in [-0.05, 0) is 95.1 Å². The second-order valence-electron chi connectivity index (χ2n) is 13.2. The Balaban J connectivity index is 1.27. The fraction of sp³-hybridized carbons (Fsp3) is 0.576. The molecule has 3 fully saturated rings. The Morgan fingerprint density at radius 3 is 2.58 bits per heavy atom. The number of hydrogen-bond donors (Lipinski definition) is 1. The molecule has 0 aromatic heterocycles. The third-order valence-electron chi connectivity index (χ3n) is 9.71. The Labute approximate surface area is 255 Å². The first kappa shape index (κ1) is 30.1. The number of benzene rings is 2. The molecule has 0 radical (unpaired) electrons. The summed E-state index contributed by atoms with van der Waals surface area (Å²) in [7, 11) is 1.21. The average molecular weight is 590 g/mol. The van der Waals surface area contributed by atoms with E-state index in [-0.39, 0.29) is 36.3 Å². The van der Waals surface area contributed by atoms with Crippen molar-refractivity contribution >= 4 is 35.8 Å². The van der Waals surface area contributed by atoms with Crippen LogP contribution in [0.3, 0.4) is 0 Å². The number of anilines is 2. The SMILES string of the molecule is COCCCN1C(=O)COc2ccc(N(C(=O)[C@H]3CNCC[C@@H]3c3cccc(B4OC(C)(C)C(C)(C)O4)c3)C3CC3)cc21. The molecule has 6 rings (SSSR count). The van der Waals surface area contributed by atoms with Gasteiger partial charge in [0.1, 0.15) is 5.75 Å². The van der Waals surface area contributed by atoms with E-state index in [0.29, 0.717) is 25.4 Å². The summed E-state index contributed by atoms with van der Waals surface area (Å²) in [6.07, 6.45) is 3.52. The van der Waals surface area contributed by atoms with E-state index < -0.39 is 18.3 Å². The van der Waals surface area contributed by atoms with E-state index in [2.05, 4.69) is 57.3 Å². The smallest absolute Gasteiger partial charge is 0.482 e. The van der Waals surface area contributed by atoms with Crippen LogP contribution in [0.15, 0.2) is 42.5 Å². The number of nitrogens with one attached hydrogen (secondary N) is 1. The maximum absolute atomic E-state index is 14.5. The molecule has 230 valence electrons. The molecule has 1 N–H and O–H groups in total. The first-order valence-electron chi connectivity index (χ1n) is 15.6. The minimum Gasteiger partial charge on any atom is -0.482 e. The van der Waals surface area contributed by atoms with Crippen molar-refractivity contribution in [3.63, 3.8) is 0 Å². The van der Waals surface area contributed by atoms with Crippen molar-refractivity contribution < 1.29 is 28.4 Å². The van der Waals surface area contributed by atoms with Crippen molar-refractivity contribution in [2.75, 3.05) is 49.8 Å². The summed E-state index contributed by atoms with van der Waals surface area (Å²) in [4.78, 5) is 31.1. The monoisotopic (exact) mass is 589 g/mol. The molecule has 3 aliphatic heterocycles. The second kappa shape index (κ2) is 11.9. The van der Waals surface area contributed by atoms with Gasteiger partial charge in [-0.3, -0.25) is 9.59 Å². The van der Waals surface area contributed by atoms with Crippen LogP contribution in [0.1, 0.15) is 64.9 Å². The average Bonchev–Trinajstić information content (AvgIpc) is 3.79. The molecule has 1 aliphatic carbocycles. The van der Waals surface area contributed by atoms with E-state index in [1.807, 2.05) is 23.1 Å². The zero-order valence-electron chi connectivity index (χ0n) is 26.1. The molecular weight excluding hydrogens is 545 g/mol. The second-order valence-corrected chi connectivity index (χ2v) is 13.2. The molecule has 2 aromatic carbocycles. The molecule has 3 heterocycles. The Kier molecular flexibility index (Phi) is 8.32. The molecule has 0 bridgehead atoms. The predicted molar refractivity (Wildman–Crippen MR) is 167 cm³/mol. The summed E-state index contributed by atoms with van der Waals surface area (Å²) in [5.41, 5.74) is 2.81. The Bertz CT molecular complexity index is 1350. The standard InChI is InChI=1S/C33H44BN3O6/c1-32(2)33(3,4)43-34(42-32)23-9-6-8-22(18-23)26-14-15-35-20-27(26)31(39)37(24-10-11-24)25-12-13-29-28(19-25)36(16-7-17-40-5)30(38)21-41-29/h6,8-9,12-13,18-19,24,26-27,35H,7,10-11,14-17,20-21H2,1-5H3/t26-,27+/m1/s1. The Morgan fingerprint density at radius 2 is 1.86 bits per heavy atom. The lowest BCUT2D eigenvalue weighted by Gasteiger charge is -2.36. The lowest BCUT2D eigenvalue weighted by atomic mass is 9.74. The maximum atomic E-state index is 14.5. The molecule has 9 nitrogen and oxygen atoms in total. The van der Waals surface area contributed by atoms with Crippen molar-refractivity contribution in [3.05, 3.63) is 48.0 Å². The summed E-state index contributed by atoms with van der Waals surface area (Å²) < 4.78 is 23.7. The van der Waals surface area contributed by atoms with Gasteiger partial charge in [0.2, 0.25) is 5.91 Å². The summed E-state index contributed by atoms with van der Waals surface area (Å²) in [6.45, 7) is 10.8. The zero-order chi connectivity index (χ0) is 30.4. The molecule has 43 heavy (non-hydrogen) atoms. The predicted octanol–water partition coefficient (Wildman–Crippen LogP) is 3.64. The fourth-order valence-corrected chi connectivity index (χ4v) is 6.41. The first-order chi connectivity index (χ1) is 20.6. The Hall–Kier alpha value is -2.92. The zero-order valence-corrected chi connectivity index (χ0v) is 26.1. The van der Waals surface area contributed by atoms with Crippen molar-refractivity contribution in [3.8, 4) is 5.75 Å². The van der Waals surface area contributed by atoms with Gasteiger partial charge in [0.25, 0.3) is 5.91 Å². The van der Waals surface area contributed by atoms with Gasteiger partial charge in [-0.1, -0.05) is 24.3 Å². The van der Waals surface area contributed by atoms with Gasteiger partial charge in [0.15, 0.2) is 6.61 Å². The quantitative estimate of drug-likeness (QED) is 0.353. The minimum absolute atomic E-state index is 0.0189. The van der Waals surface area contributed by atoms with Crippen LogP contribution < -0.4 is 25.3 Å². The van der Waals surface area contributed by atoms with E-state index in [0.717, 1.165) is 54.6 Å². The number of piperidine rings is 1. The number of hydrogen-bond acceptors (Lipinski definition) is 7. The highest BCUT2D eigenvalue weighted by atomic mass is 16.7. The topological polar surface area (TPSA) is 89.6 Å². The van der Waals surface area contributed by atoms with Crippen molar-refractivity contribution in [1.82, 2.24) is 5.32 Å². The molecule has 2 saturated heterocycles. The van der Waals surface area contributed by atoms with Crippen LogP contribution in [0.5, 0.6) is 5.75 Å². The lowest BCUT2D eigenvalue weighted by Crippen LogP contribution is -2.48. The molecule has 2 atom stereocenters. The largest absolute Gasteiger partial charge is 0.494 e. The normalized spacial score (nSPS) is 24.4. The van der Waals surface area contributed by atoms with Gasteiger partial charge in [0.05, 0.1) is 22.8 Å². The maximum Gasteiger partial charge on any atom is 0.494 e. The van der Waals surface area contributed by atoms with Crippen molar-refractivity contribution in [1.29, 1.82) is 0 Å². The molecule has 4 aliphatic rings. The molecular formula is C33H44BN3O6. The molecule has 1 saturated carbocycles. The van der Waals surface area contributed by atoms with Crippen LogP contribution in [-0.4, -0.2) is 76.1 Å². The number of amides is 2. The summed E-state index contributed by atoms with van der Waals surface area (Å²) >= 11 is 0. The van der Waals surface area contributed by atoms with E-state index in [9.17, 15) is 9.59 Å². The van der Waals surface area contributed by atoms with E-state index in [4.69, 9.17) is 18.8 Å². The van der Waals surface area contributed by atoms with Crippen LogP contribution >= 0.6 is 0 Å². The number of ether oxygens (including phenoxy) is 2. The third kappa shape index (κ3) is 5.95. The van der Waals surface area contributed by atoms with Crippen LogP contribution in [0.25, 0.3) is 0 Å². The summed E-state index contributed by atoms with van der Waals surface area (Å²) in [5, 5.41) is 3.48. The molecule has 10 heteroatoms. The fourth-order valence-electron chi connectivity index (χ4n) is 6.41. The number of fused-ring (bicyclic) bond motifs is 1. The van der Waals surface area contributed by atoms with Gasteiger partial charge in [-0.2, -0.15) is 0 Å². The molecule has 2 amide bonds. The number of carbonyl (C=O) groups is 2. The summed E-state index contributed by atoms with van der Waals surface area (Å²) in [5.74, 6) is 0.541. The number of carbonyl (C=O) groups excluding carboxylic acids is 2.